The second-order valence-electron chi connectivity index (χ2n) is 3.82. The summed E-state index contributed by atoms with van der Waals surface area (Å²) in [6.45, 7) is 7.98. The lowest BCUT2D eigenvalue weighted by molar-refractivity contribution is -0.386. The number of nitro benzene ring substituents is 1. The van der Waals surface area contributed by atoms with E-state index in [0.29, 0.717) is 17.9 Å². The first-order valence-corrected chi connectivity index (χ1v) is 5.64. The molecule has 92 valence electrons. The van der Waals surface area contributed by atoms with Crippen LogP contribution in [0.4, 0.5) is 5.69 Å². The van der Waals surface area contributed by atoms with Crippen molar-refractivity contribution in [1.82, 2.24) is 0 Å². The highest BCUT2D eigenvalue weighted by molar-refractivity contribution is 5.54. The molecule has 0 saturated heterocycles. The average Bonchev–Trinajstić information content (AvgIpc) is 2.34. The molecule has 0 radical (unpaired) electrons. The summed E-state index contributed by atoms with van der Waals surface area (Å²) in [6.07, 6.45) is 2.50. The molecule has 0 heterocycles. The molecule has 0 N–H and O–H groups in total. The van der Waals surface area contributed by atoms with Crippen molar-refractivity contribution in [2.75, 3.05) is 6.61 Å². The maximum Gasteiger partial charge on any atom is 0.314 e. The molecule has 0 amide bonds. The molecule has 1 aromatic rings. The Balaban J connectivity index is 3.21. The largest absolute Gasteiger partial charge is 0.487 e. The van der Waals surface area contributed by atoms with Crippen molar-refractivity contribution in [2.45, 2.75) is 26.2 Å². The molecule has 1 aromatic carbocycles. The quantitative estimate of drug-likeness (QED) is 0.429. The van der Waals surface area contributed by atoms with Gasteiger partial charge in [0.1, 0.15) is 0 Å². The number of rotatable bonds is 6. The van der Waals surface area contributed by atoms with Gasteiger partial charge < -0.3 is 4.74 Å². The van der Waals surface area contributed by atoms with Crippen LogP contribution in [-0.4, -0.2) is 11.5 Å². The summed E-state index contributed by atoms with van der Waals surface area (Å²) in [7, 11) is 0. The minimum atomic E-state index is -0.389. The van der Waals surface area contributed by atoms with Gasteiger partial charge in [-0.25, -0.2) is 0 Å². The van der Waals surface area contributed by atoms with E-state index in [-0.39, 0.29) is 16.5 Å². The highest BCUT2D eigenvalue weighted by Gasteiger charge is 2.22. The Kier molecular flexibility index (Phi) is 4.69. The van der Waals surface area contributed by atoms with Crippen LogP contribution in [0.25, 0.3) is 0 Å². The van der Waals surface area contributed by atoms with Crippen LogP contribution >= 0.6 is 0 Å². The zero-order valence-electron chi connectivity index (χ0n) is 10.2. The van der Waals surface area contributed by atoms with E-state index in [1.165, 1.54) is 0 Å². The molecule has 17 heavy (non-hydrogen) atoms. The second-order valence-corrected chi connectivity index (χ2v) is 3.82. The molecule has 0 aliphatic heterocycles. The lowest BCUT2D eigenvalue weighted by Gasteiger charge is -2.11. The van der Waals surface area contributed by atoms with E-state index in [0.717, 1.165) is 6.42 Å². The van der Waals surface area contributed by atoms with E-state index >= 15 is 0 Å². The molecular formula is C13H17NO3. The van der Waals surface area contributed by atoms with Crippen LogP contribution in [0, 0.1) is 10.1 Å². The average molecular weight is 235 g/mol. The molecule has 1 unspecified atom stereocenters. The van der Waals surface area contributed by atoms with Gasteiger partial charge in [-0.1, -0.05) is 32.1 Å². The van der Waals surface area contributed by atoms with E-state index in [2.05, 4.69) is 6.58 Å². The maximum absolute atomic E-state index is 11.1. The summed E-state index contributed by atoms with van der Waals surface area (Å²) in [5, 5.41) is 11.1. The Labute approximate surface area is 101 Å². The summed E-state index contributed by atoms with van der Waals surface area (Å²) >= 11 is 0. The molecule has 0 aliphatic rings. The Morgan fingerprint density at radius 3 is 2.82 bits per heavy atom. The number of hydrogen-bond donors (Lipinski definition) is 0. The highest BCUT2D eigenvalue weighted by atomic mass is 16.6. The molecule has 0 saturated carbocycles. The molecule has 0 fully saturated rings. The minimum Gasteiger partial charge on any atom is -0.487 e. The van der Waals surface area contributed by atoms with E-state index in [1.807, 2.05) is 13.8 Å². The van der Waals surface area contributed by atoms with Gasteiger partial charge >= 0.3 is 5.69 Å². The molecule has 4 nitrogen and oxygen atoms in total. The maximum atomic E-state index is 11.1. The monoisotopic (exact) mass is 235 g/mol. The molecule has 0 bridgehead atoms. The second kappa shape index (κ2) is 6.03. The van der Waals surface area contributed by atoms with Crippen LogP contribution in [0.5, 0.6) is 5.75 Å². The van der Waals surface area contributed by atoms with Crippen molar-refractivity contribution in [3.63, 3.8) is 0 Å². The predicted molar refractivity (Wildman–Crippen MR) is 67.5 cm³/mol. The minimum absolute atomic E-state index is 0.0494. The van der Waals surface area contributed by atoms with Gasteiger partial charge in [-0.15, -0.1) is 6.58 Å². The number of benzene rings is 1. The lowest BCUT2D eigenvalue weighted by Crippen LogP contribution is -2.03. The Hall–Kier alpha value is -1.84. The molecular weight excluding hydrogens is 218 g/mol. The third-order valence-corrected chi connectivity index (χ3v) is 2.52. The standard InChI is InChI=1S/C13H17NO3/c1-4-9-17-12-8-6-7-11(10(3)5-2)13(12)14(15)16/h5-8,10H,2,4,9H2,1,3H3. The highest BCUT2D eigenvalue weighted by Crippen LogP contribution is 2.35. The van der Waals surface area contributed by atoms with Crippen molar-refractivity contribution >= 4 is 5.69 Å². The van der Waals surface area contributed by atoms with E-state index in [4.69, 9.17) is 4.74 Å². The van der Waals surface area contributed by atoms with E-state index in [1.54, 1.807) is 24.3 Å². The molecule has 1 rings (SSSR count). The fraction of sp³-hybridized carbons (Fsp3) is 0.385. The van der Waals surface area contributed by atoms with Crippen LogP contribution in [0.15, 0.2) is 30.9 Å². The Bertz CT molecular complexity index is 415. The molecule has 0 spiro atoms. The SMILES string of the molecule is C=CC(C)c1cccc(OCCC)c1[N+](=O)[O-]. The summed E-state index contributed by atoms with van der Waals surface area (Å²) in [5.41, 5.74) is 0.687. The first-order valence-electron chi connectivity index (χ1n) is 5.64. The number of nitro groups is 1. The summed E-state index contributed by atoms with van der Waals surface area (Å²) in [6, 6.07) is 5.14. The van der Waals surface area contributed by atoms with E-state index in [9.17, 15) is 10.1 Å². The van der Waals surface area contributed by atoms with Crippen molar-refractivity contribution in [3.8, 4) is 5.75 Å². The lowest BCUT2D eigenvalue weighted by atomic mass is 9.99. The zero-order valence-corrected chi connectivity index (χ0v) is 10.2. The van der Waals surface area contributed by atoms with Crippen molar-refractivity contribution < 1.29 is 9.66 Å². The number of nitrogens with zero attached hydrogens (tertiary/aromatic N) is 1. The molecule has 0 aromatic heterocycles. The van der Waals surface area contributed by atoms with Gasteiger partial charge in [0.2, 0.25) is 0 Å². The van der Waals surface area contributed by atoms with Crippen LogP contribution in [0.2, 0.25) is 0 Å². The summed E-state index contributed by atoms with van der Waals surface area (Å²) in [5.74, 6) is 0.267. The summed E-state index contributed by atoms with van der Waals surface area (Å²) in [4.78, 5) is 10.7. The van der Waals surface area contributed by atoms with Gasteiger partial charge in [-0.3, -0.25) is 10.1 Å². The normalized spacial score (nSPS) is 11.9. The van der Waals surface area contributed by atoms with Crippen LogP contribution in [0.1, 0.15) is 31.7 Å². The first-order chi connectivity index (χ1) is 8.11. The molecule has 1 atom stereocenters. The van der Waals surface area contributed by atoms with Crippen LogP contribution in [-0.2, 0) is 0 Å². The summed E-state index contributed by atoms with van der Waals surface area (Å²) < 4.78 is 5.41. The number of para-hydroxylation sites is 1. The van der Waals surface area contributed by atoms with Crippen molar-refractivity contribution in [3.05, 3.63) is 46.5 Å². The Morgan fingerprint density at radius 2 is 2.29 bits per heavy atom. The predicted octanol–water partition coefficient (Wildman–Crippen LogP) is 3.67. The number of ether oxygens (including phenoxy) is 1. The fourth-order valence-electron chi connectivity index (χ4n) is 1.56. The van der Waals surface area contributed by atoms with Gasteiger partial charge in [-0.2, -0.15) is 0 Å². The first kappa shape index (κ1) is 13.2. The topological polar surface area (TPSA) is 52.4 Å². The van der Waals surface area contributed by atoms with Gasteiger partial charge in [0.25, 0.3) is 0 Å². The van der Waals surface area contributed by atoms with Gasteiger partial charge in [0.15, 0.2) is 5.75 Å². The van der Waals surface area contributed by atoms with Gasteiger partial charge in [0.05, 0.1) is 11.5 Å². The van der Waals surface area contributed by atoms with Gasteiger partial charge in [0, 0.05) is 11.5 Å². The third kappa shape index (κ3) is 3.06. The number of hydrogen-bond acceptors (Lipinski definition) is 3. The molecule has 0 aliphatic carbocycles. The molecule has 4 heteroatoms. The zero-order chi connectivity index (χ0) is 12.8. The fourth-order valence-corrected chi connectivity index (χ4v) is 1.56. The van der Waals surface area contributed by atoms with Crippen molar-refractivity contribution in [2.24, 2.45) is 0 Å². The van der Waals surface area contributed by atoms with Crippen molar-refractivity contribution in [1.29, 1.82) is 0 Å². The van der Waals surface area contributed by atoms with Crippen LogP contribution in [0.3, 0.4) is 0 Å². The number of allylic oxidation sites excluding steroid dienone is 1. The van der Waals surface area contributed by atoms with E-state index < -0.39 is 0 Å². The third-order valence-electron chi connectivity index (χ3n) is 2.52. The van der Waals surface area contributed by atoms with Gasteiger partial charge in [-0.05, 0) is 12.5 Å². The smallest absolute Gasteiger partial charge is 0.314 e. The van der Waals surface area contributed by atoms with Crippen LogP contribution < -0.4 is 4.74 Å². The Morgan fingerprint density at radius 1 is 1.59 bits per heavy atom.